The highest BCUT2D eigenvalue weighted by Crippen LogP contribution is 2.43. The van der Waals surface area contributed by atoms with Crippen molar-refractivity contribution >= 4 is 77.2 Å². The number of aromatic nitrogens is 2. The van der Waals surface area contributed by atoms with E-state index in [1.165, 1.54) is 21.5 Å². The normalized spacial score (nSPS) is 14.5. The first-order valence-corrected chi connectivity index (χ1v) is 19.3. The molecule has 57 heavy (non-hydrogen) atoms. The fourth-order valence-electron chi connectivity index (χ4n) is 8.78. The van der Waals surface area contributed by atoms with E-state index in [2.05, 4.69) is 160 Å². The van der Waals surface area contributed by atoms with Crippen molar-refractivity contribution in [3.05, 3.63) is 205 Å². The maximum atomic E-state index is 6.42. The number of rotatable bonds is 5. The minimum absolute atomic E-state index is 0.258. The van der Waals surface area contributed by atoms with Gasteiger partial charge in [0.2, 0.25) is 0 Å². The van der Waals surface area contributed by atoms with E-state index in [1.54, 1.807) is 0 Å². The number of amidine groups is 2. The molecule has 0 fully saturated rings. The molecule has 1 unspecified atom stereocenters. The average molecular weight is 732 g/mol. The maximum Gasteiger partial charge on any atom is 0.159 e. The Balaban J connectivity index is 1.07. The third-order valence-corrected chi connectivity index (χ3v) is 11.4. The van der Waals surface area contributed by atoms with Gasteiger partial charge in [0.05, 0.1) is 27.5 Å². The second-order valence-electron chi connectivity index (χ2n) is 14.6. The second kappa shape index (κ2) is 12.4. The number of para-hydroxylation sites is 3. The van der Waals surface area contributed by atoms with Crippen molar-refractivity contribution in [2.24, 2.45) is 9.98 Å². The molecular weight excluding hydrogens is 699 g/mol. The minimum Gasteiger partial charge on any atom is -0.456 e. The molecule has 0 saturated carbocycles. The number of furan rings is 1. The van der Waals surface area contributed by atoms with Crippen molar-refractivity contribution in [3.8, 4) is 11.4 Å². The number of nitrogens with zero attached hydrogens (tertiary/aromatic N) is 4. The molecule has 0 bridgehead atoms. The second-order valence-corrected chi connectivity index (χ2v) is 14.6. The van der Waals surface area contributed by atoms with Crippen LogP contribution in [0.15, 0.2) is 202 Å². The van der Waals surface area contributed by atoms with Crippen LogP contribution in [0.3, 0.4) is 0 Å². The van der Waals surface area contributed by atoms with E-state index in [0.717, 1.165) is 77.9 Å². The van der Waals surface area contributed by atoms with Crippen molar-refractivity contribution < 1.29 is 4.42 Å². The summed E-state index contributed by atoms with van der Waals surface area (Å²) in [5.74, 6) is 1.50. The van der Waals surface area contributed by atoms with Crippen LogP contribution < -0.4 is 5.32 Å². The summed E-state index contributed by atoms with van der Waals surface area (Å²) in [5.41, 5.74) is 11.6. The number of nitrogens with one attached hydrogen (secondary N) is 1. The lowest BCUT2D eigenvalue weighted by Gasteiger charge is -2.23. The number of benzene rings is 8. The largest absolute Gasteiger partial charge is 0.456 e. The number of fused-ring (bicyclic) bond motifs is 10. The molecule has 0 radical (unpaired) electrons. The van der Waals surface area contributed by atoms with Crippen LogP contribution in [0.5, 0.6) is 0 Å². The topological polar surface area (TPSA) is 59.8 Å². The molecule has 11 aromatic rings. The van der Waals surface area contributed by atoms with Crippen LogP contribution in [-0.4, -0.2) is 20.8 Å². The van der Waals surface area contributed by atoms with Gasteiger partial charge in [-0.15, -0.1) is 0 Å². The van der Waals surface area contributed by atoms with Crippen LogP contribution >= 0.6 is 0 Å². The summed E-state index contributed by atoms with van der Waals surface area (Å²) in [7, 11) is 0. The van der Waals surface area contributed by atoms with Crippen LogP contribution in [-0.2, 0) is 0 Å². The third kappa shape index (κ3) is 4.90. The summed E-state index contributed by atoms with van der Waals surface area (Å²) < 4.78 is 11.2. The van der Waals surface area contributed by atoms with Crippen LogP contribution in [0.1, 0.15) is 22.9 Å². The van der Waals surface area contributed by atoms with Crippen LogP contribution in [0, 0.1) is 0 Å². The van der Waals surface area contributed by atoms with E-state index in [-0.39, 0.29) is 6.17 Å². The third-order valence-electron chi connectivity index (χ3n) is 11.4. The molecule has 1 N–H and O–H groups in total. The summed E-state index contributed by atoms with van der Waals surface area (Å²) in [5, 5.41) is 10.6. The number of hydrogen-bond donors (Lipinski definition) is 1. The Morgan fingerprint density at radius 2 is 1.11 bits per heavy atom. The molecule has 0 spiro atoms. The van der Waals surface area contributed by atoms with Gasteiger partial charge in [-0.1, -0.05) is 115 Å². The summed E-state index contributed by atoms with van der Waals surface area (Å²) in [6, 6.07) is 66.1. The Bertz CT molecular complexity index is 3410. The molecule has 268 valence electrons. The molecular formula is C51H33N5O. The first-order chi connectivity index (χ1) is 28.3. The predicted octanol–water partition coefficient (Wildman–Crippen LogP) is 12.3. The summed E-state index contributed by atoms with van der Waals surface area (Å²) in [6.07, 6.45) is -0.258. The van der Waals surface area contributed by atoms with Gasteiger partial charge in [0.1, 0.15) is 23.2 Å². The summed E-state index contributed by atoms with van der Waals surface area (Å²) in [6.45, 7) is 0. The van der Waals surface area contributed by atoms with Gasteiger partial charge in [0.15, 0.2) is 5.84 Å². The zero-order chi connectivity index (χ0) is 37.5. The van der Waals surface area contributed by atoms with Crippen molar-refractivity contribution in [2.45, 2.75) is 6.17 Å². The van der Waals surface area contributed by atoms with Gasteiger partial charge in [-0.25, -0.2) is 9.98 Å². The van der Waals surface area contributed by atoms with E-state index in [4.69, 9.17) is 14.4 Å². The van der Waals surface area contributed by atoms with Gasteiger partial charge in [0.25, 0.3) is 0 Å². The molecule has 1 aliphatic heterocycles. The fourth-order valence-corrected chi connectivity index (χ4v) is 8.78. The van der Waals surface area contributed by atoms with Crippen molar-refractivity contribution in [1.82, 2.24) is 14.5 Å². The van der Waals surface area contributed by atoms with Crippen molar-refractivity contribution in [1.29, 1.82) is 0 Å². The molecule has 0 aliphatic carbocycles. The van der Waals surface area contributed by atoms with Gasteiger partial charge >= 0.3 is 0 Å². The van der Waals surface area contributed by atoms with E-state index in [9.17, 15) is 0 Å². The standard InChI is InChI=1S/C51H33N5O/c1-4-14-32(15-5-1)49-52-50(33-16-6-2-7-17-33)54-51(53-49)34-24-26-36(27-25-34)55-42-22-12-10-20-37(42)40-30-41-38-28-29-46-47(39-21-11-13-23-45(39)57-46)48(38)56(44(41)31-43(40)55)35-18-8-3-9-19-35/h1-31,49H,(H,52,53,54). The molecule has 6 heteroatoms. The minimum atomic E-state index is -0.258. The molecule has 6 nitrogen and oxygen atoms in total. The SMILES string of the molecule is c1ccc(C2=NC(c3ccc(-n4c5ccccc5c5cc6c7ccc8oc9ccccc9c8c7n(-c7ccccc7)c6cc54)cc3)=NC(c3ccccc3)N2)cc1. The lowest BCUT2D eigenvalue weighted by molar-refractivity contribution is 0.669. The van der Waals surface area contributed by atoms with E-state index < -0.39 is 0 Å². The van der Waals surface area contributed by atoms with Gasteiger partial charge in [-0.05, 0) is 78.4 Å². The monoisotopic (exact) mass is 731 g/mol. The van der Waals surface area contributed by atoms with Gasteiger partial charge in [-0.3, -0.25) is 0 Å². The van der Waals surface area contributed by atoms with Gasteiger partial charge in [0, 0.05) is 49.4 Å². The summed E-state index contributed by atoms with van der Waals surface area (Å²) in [4.78, 5) is 10.2. The maximum absolute atomic E-state index is 6.42. The van der Waals surface area contributed by atoms with E-state index >= 15 is 0 Å². The average Bonchev–Trinajstić information content (AvgIpc) is 3.93. The van der Waals surface area contributed by atoms with Crippen molar-refractivity contribution in [2.75, 3.05) is 0 Å². The zero-order valence-corrected chi connectivity index (χ0v) is 30.7. The highest BCUT2D eigenvalue weighted by molar-refractivity contribution is 6.27. The van der Waals surface area contributed by atoms with Crippen molar-refractivity contribution in [3.63, 3.8) is 0 Å². The van der Waals surface area contributed by atoms with Crippen LogP contribution in [0.2, 0.25) is 0 Å². The molecule has 8 aromatic carbocycles. The quantitative estimate of drug-likeness (QED) is 0.192. The highest BCUT2D eigenvalue weighted by Gasteiger charge is 2.23. The molecule has 0 amide bonds. The Labute approximate surface area is 327 Å². The highest BCUT2D eigenvalue weighted by atomic mass is 16.3. The van der Waals surface area contributed by atoms with Crippen LogP contribution in [0.4, 0.5) is 0 Å². The first-order valence-electron chi connectivity index (χ1n) is 19.3. The van der Waals surface area contributed by atoms with E-state index in [1.807, 2.05) is 42.5 Å². The number of hydrogen-bond acceptors (Lipinski definition) is 4. The molecule has 1 aliphatic rings. The predicted molar refractivity (Wildman–Crippen MR) is 234 cm³/mol. The molecule has 0 saturated heterocycles. The Morgan fingerprint density at radius 1 is 0.456 bits per heavy atom. The lowest BCUT2D eigenvalue weighted by atomic mass is 10.1. The molecule has 4 heterocycles. The van der Waals surface area contributed by atoms with E-state index in [0.29, 0.717) is 5.84 Å². The molecule has 12 rings (SSSR count). The smallest absolute Gasteiger partial charge is 0.159 e. The Morgan fingerprint density at radius 3 is 1.91 bits per heavy atom. The zero-order valence-electron chi connectivity index (χ0n) is 30.7. The van der Waals surface area contributed by atoms with Gasteiger partial charge < -0.3 is 18.9 Å². The van der Waals surface area contributed by atoms with Gasteiger partial charge in [-0.2, -0.15) is 0 Å². The summed E-state index contributed by atoms with van der Waals surface area (Å²) >= 11 is 0. The molecule has 3 aromatic heterocycles. The van der Waals surface area contributed by atoms with Crippen LogP contribution in [0.25, 0.3) is 76.9 Å². The number of aliphatic imine (C=N–C) groups is 2. The Hall–Kier alpha value is -7.70. The Kier molecular flexibility index (Phi) is 6.89. The lowest BCUT2D eigenvalue weighted by Crippen LogP contribution is -2.33. The molecule has 1 atom stereocenters. The fraction of sp³-hybridized carbons (Fsp3) is 0.0196. The first kappa shape index (κ1) is 31.6.